The number of nitrogens with one attached hydrogen (secondary N) is 1. The summed E-state index contributed by atoms with van der Waals surface area (Å²) in [6.45, 7) is 3.17. The van der Waals surface area contributed by atoms with Gasteiger partial charge in [-0.1, -0.05) is 35.9 Å². The summed E-state index contributed by atoms with van der Waals surface area (Å²) in [5.41, 5.74) is 0. The first-order chi connectivity index (χ1) is 7.74. The van der Waals surface area contributed by atoms with Crippen molar-refractivity contribution in [3.63, 3.8) is 0 Å². The van der Waals surface area contributed by atoms with Gasteiger partial charge in [-0.3, -0.25) is 4.79 Å². The molecule has 0 aromatic carbocycles. The molecule has 16 heavy (non-hydrogen) atoms. The first-order valence-corrected chi connectivity index (χ1v) is 8.10. The van der Waals surface area contributed by atoms with Gasteiger partial charge in [-0.15, -0.1) is 0 Å². The van der Waals surface area contributed by atoms with Crippen molar-refractivity contribution in [3.8, 4) is 0 Å². The Morgan fingerprint density at radius 2 is 1.88 bits per heavy atom. The topological polar surface area (TPSA) is 29.1 Å². The zero-order valence-corrected chi connectivity index (χ0v) is 12.5. The first-order valence-electron chi connectivity index (χ1n) is 6.57. The van der Waals surface area contributed by atoms with Gasteiger partial charge in [0.15, 0.2) is 0 Å². The van der Waals surface area contributed by atoms with Gasteiger partial charge in [-0.05, 0) is 48.9 Å². The highest BCUT2D eigenvalue weighted by Crippen LogP contribution is 2.28. The zero-order valence-electron chi connectivity index (χ0n) is 10.3. The molecule has 0 heterocycles. The number of hydrogen-bond donors (Lipinski definition) is 1. The van der Waals surface area contributed by atoms with Crippen molar-refractivity contribution in [2.75, 3.05) is 11.0 Å². The van der Waals surface area contributed by atoms with Gasteiger partial charge in [0.05, 0.1) is 0 Å². The van der Waals surface area contributed by atoms with E-state index in [1.165, 1.54) is 30.1 Å². The van der Waals surface area contributed by atoms with E-state index in [9.17, 15) is 4.79 Å². The molecule has 1 amide bonds. The monoisotopic (exact) mass is 337 g/mol. The van der Waals surface area contributed by atoms with E-state index in [0.29, 0.717) is 11.8 Å². The second kappa shape index (κ2) is 8.31. The molecule has 1 N–H and O–H groups in total. The highest BCUT2D eigenvalue weighted by Gasteiger charge is 2.23. The molecule has 1 aliphatic carbocycles. The quantitative estimate of drug-likeness (QED) is 0.448. The average molecular weight is 337 g/mol. The number of carbonyl (C=O) groups excluding carboxylic acids is 1. The number of alkyl halides is 1. The summed E-state index contributed by atoms with van der Waals surface area (Å²) >= 11 is 2.40. The largest absolute Gasteiger partial charge is 0.356 e. The minimum absolute atomic E-state index is 0.306. The average Bonchev–Trinajstić information content (AvgIpc) is 2.29. The van der Waals surface area contributed by atoms with Crippen LogP contribution in [0.1, 0.15) is 51.9 Å². The van der Waals surface area contributed by atoms with Gasteiger partial charge in [0.25, 0.3) is 0 Å². The molecule has 0 aromatic heterocycles. The Hall–Kier alpha value is 0.200. The summed E-state index contributed by atoms with van der Waals surface area (Å²) < 4.78 is 1.23. The molecule has 1 saturated carbocycles. The molecule has 1 rings (SSSR count). The highest BCUT2D eigenvalue weighted by molar-refractivity contribution is 14.1. The van der Waals surface area contributed by atoms with Crippen molar-refractivity contribution in [1.29, 1.82) is 0 Å². The number of unbranched alkanes of at least 4 members (excludes halogenated alkanes) is 2. The van der Waals surface area contributed by atoms with Crippen molar-refractivity contribution in [3.05, 3.63) is 0 Å². The van der Waals surface area contributed by atoms with Gasteiger partial charge < -0.3 is 5.32 Å². The van der Waals surface area contributed by atoms with Crippen LogP contribution in [0.4, 0.5) is 0 Å². The Morgan fingerprint density at radius 1 is 1.19 bits per heavy atom. The SMILES string of the molecule is CC1CCC(C(=O)NCCCCCI)CC1. The van der Waals surface area contributed by atoms with Gasteiger partial charge in [0.2, 0.25) is 5.91 Å². The van der Waals surface area contributed by atoms with Gasteiger partial charge in [0, 0.05) is 12.5 Å². The van der Waals surface area contributed by atoms with Crippen molar-refractivity contribution >= 4 is 28.5 Å². The number of amides is 1. The third kappa shape index (κ3) is 5.51. The molecule has 0 radical (unpaired) electrons. The summed E-state index contributed by atoms with van der Waals surface area (Å²) in [6, 6.07) is 0. The van der Waals surface area contributed by atoms with Crippen molar-refractivity contribution in [2.45, 2.75) is 51.9 Å². The minimum Gasteiger partial charge on any atom is -0.356 e. The van der Waals surface area contributed by atoms with E-state index in [0.717, 1.165) is 31.7 Å². The molecule has 0 atom stereocenters. The van der Waals surface area contributed by atoms with Gasteiger partial charge in [0.1, 0.15) is 0 Å². The third-order valence-electron chi connectivity index (χ3n) is 3.50. The van der Waals surface area contributed by atoms with Crippen molar-refractivity contribution in [1.82, 2.24) is 5.32 Å². The van der Waals surface area contributed by atoms with Crippen LogP contribution in [0.5, 0.6) is 0 Å². The van der Waals surface area contributed by atoms with Crippen LogP contribution in [-0.2, 0) is 4.79 Å². The Bertz CT molecular complexity index is 200. The second-order valence-electron chi connectivity index (χ2n) is 5.00. The van der Waals surface area contributed by atoms with Crippen LogP contribution in [0.2, 0.25) is 0 Å². The molecule has 0 saturated heterocycles. The maximum absolute atomic E-state index is 11.8. The van der Waals surface area contributed by atoms with Gasteiger partial charge in [-0.25, -0.2) is 0 Å². The summed E-state index contributed by atoms with van der Waals surface area (Å²) in [5.74, 6) is 1.44. The first kappa shape index (κ1) is 14.3. The molecule has 1 aliphatic rings. The molecule has 1 fully saturated rings. The van der Waals surface area contributed by atoms with Crippen LogP contribution in [-0.4, -0.2) is 16.9 Å². The van der Waals surface area contributed by atoms with Crippen LogP contribution in [0.25, 0.3) is 0 Å². The molecule has 3 heteroatoms. The van der Waals surface area contributed by atoms with E-state index in [1.807, 2.05) is 0 Å². The fourth-order valence-corrected chi connectivity index (χ4v) is 2.81. The highest BCUT2D eigenvalue weighted by atomic mass is 127. The molecule has 0 unspecified atom stereocenters. The van der Waals surface area contributed by atoms with Crippen LogP contribution in [0.15, 0.2) is 0 Å². The molecule has 94 valence electrons. The van der Waals surface area contributed by atoms with Crippen LogP contribution in [0, 0.1) is 11.8 Å². The lowest BCUT2D eigenvalue weighted by atomic mass is 9.82. The lowest BCUT2D eigenvalue weighted by Gasteiger charge is -2.25. The summed E-state index contributed by atoms with van der Waals surface area (Å²) in [6.07, 6.45) is 8.31. The maximum atomic E-state index is 11.8. The van der Waals surface area contributed by atoms with Crippen LogP contribution >= 0.6 is 22.6 Å². The second-order valence-corrected chi connectivity index (χ2v) is 6.08. The van der Waals surface area contributed by atoms with Gasteiger partial charge >= 0.3 is 0 Å². The van der Waals surface area contributed by atoms with E-state index >= 15 is 0 Å². The maximum Gasteiger partial charge on any atom is 0.223 e. The van der Waals surface area contributed by atoms with Crippen LogP contribution < -0.4 is 5.32 Å². The van der Waals surface area contributed by atoms with E-state index in [1.54, 1.807) is 0 Å². The normalized spacial score (nSPS) is 25.4. The number of carbonyl (C=O) groups is 1. The molecule has 0 aromatic rings. The van der Waals surface area contributed by atoms with Gasteiger partial charge in [-0.2, -0.15) is 0 Å². The standard InChI is InChI=1S/C13H24INO/c1-11-5-7-12(8-6-11)13(16)15-10-4-2-3-9-14/h11-12H,2-10H2,1H3,(H,15,16). The lowest BCUT2D eigenvalue weighted by molar-refractivity contribution is -0.126. The number of hydrogen-bond acceptors (Lipinski definition) is 1. The molecule has 0 bridgehead atoms. The van der Waals surface area contributed by atoms with E-state index < -0.39 is 0 Å². The predicted molar refractivity (Wildman–Crippen MR) is 76.9 cm³/mol. The summed E-state index contributed by atoms with van der Waals surface area (Å²) in [7, 11) is 0. The molecule has 0 spiro atoms. The summed E-state index contributed by atoms with van der Waals surface area (Å²) in [4.78, 5) is 11.8. The third-order valence-corrected chi connectivity index (χ3v) is 4.26. The predicted octanol–water partition coefficient (Wildman–Crippen LogP) is 3.53. The number of rotatable bonds is 6. The van der Waals surface area contributed by atoms with E-state index in [2.05, 4.69) is 34.8 Å². The van der Waals surface area contributed by atoms with Crippen LogP contribution in [0.3, 0.4) is 0 Å². The fraction of sp³-hybridized carbons (Fsp3) is 0.923. The molecular formula is C13H24INO. The number of halogens is 1. The smallest absolute Gasteiger partial charge is 0.223 e. The molecular weight excluding hydrogens is 313 g/mol. The zero-order chi connectivity index (χ0) is 11.8. The summed E-state index contributed by atoms with van der Waals surface area (Å²) in [5, 5.41) is 3.08. The molecule has 2 nitrogen and oxygen atoms in total. The van der Waals surface area contributed by atoms with E-state index in [-0.39, 0.29) is 0 Å². The lowest BCUT2D eigenvalue weighted by Crippen LogP contribution is -2.33. The Balaban J connectivity index is 2.06. The molecule has 0 aliphatic heterocycles. The fourth-order valence-electron chi connectivity index (χ4n) is 2.27. The van der Waals surface area contributed by atoms with Crippen molar-refractivity contribution < 1.29 is 4.79 Å². The minimum atomic E-state index is 0.306. The van der Waals surface area contributed by atoms with Crippen molar-refractivity contribution in [2.24, 2.45) is 11.8 Å². The Labute approximate surface area is 113 Å². The Kier molecular flexibility index (Phi) is 7.41. The van der Waals surface area contributed by atoms with E-state index in [4.69, 9.17) is 0 Å². The Morgan fingerprint density at radius 3 is 2.50 bits per heavy atom.